The van der Waals surface area contributed by atoms with E-state index in [9.17, 15) is 4.79 Å². The maximum absolute atomic E-state index is 12.1. The Morgan fingerprint density at radius 2 is 2.33 bits per heavy atom. The van der Waals surface area contributed by atoms with Crippen molar-refractivity contribution in [3.63, 3.8) is 0 Å². The van der Waals surface area contributed by atoms with Crippen LogP contribution >= 0.6 is 34.2 Å². The van der Waals surface area contributed by atoms with Crippen molar-refractivity contribution in [1.29, 1.82) is 0 Å². The number of carbonyl (C=O) groups excluding carboxylic acids is 1. The molecule has 2 aromatic rings. The average Bonchev–Trinajstić information content (AvgIpc) is 2.85. The van der Waals surface area contributed by atoms with E-state index in [-0.39, 0.29) is 11.9 Å². The van der Waals surface area contributed by atoms with E-state index in [4.69, 9.17) is 11.6 Å². The van der Waals surface area contributed by atoms with Gasteiger partial charge in [0.2, 0.25) is 0 Å². The van der Waals surface area contributed by atoms with E-state index in [1.165, 1.54) is 0 Å². The van der Waals surface area contributed by atoms with E-state index in [1.807, 2.05) is 13.0 Å². The molecule has 0 radical (unpaired) electrons. The lowest BCUT2D eigenvalue weighted by molar-refractivity contribution is 0.0939. The molecule has 4 nitrogen and oxygen atoms in total. The summed E-state index contributed by atoms with van der Waals surface area (Å²) in [6.45, 7) is 1.90. The predicted molar refractivity (Wildman–Crippen MR) is 78.6 cm³/mol. The molecule has 0 aliphatic heterocycles. The third-order valence-corrected chi connectivity index (χ3v) is 3.72. The molecule has 0 aliphatic carbocycles. The Balaban J connectivity index is 2.15. The van der Waals surface area contributed by atoms with Gasteiger partial charge in [-0.05, 0) is 47.7 Å². The van der Waals surface area contributed by atoms with Gasteiger partial charge in [-0.3, -0.25) is 9.89 Å². The zero-order chi connectivity index (χ0) is 13.1. The van der Waals surface area contributed by atoms with Gasteiger partial charge in [0.05, 0.1) is 17.8 Å². The van der Waals surface area contributed by atoms with E-state index in [1.54, 1.807) is 24.5 Å². The van der Waals surface area contributed by atoms with Crippen LogP contribution in [0, 0.1) is 3.57 Å². The van der Waals surface area contributed by atoms with Gasteiger partial charge in [-0.25, -0.2) is 0 Å². The summed E-state index contributed by atoms with van der Waals surface area (Å²) in [5.74, 6) is -0.143. The molecule has 2 rings (SSSR count). The maximum Gasteiger partial charge on any atom is 0.252 e. The number of nitrogens with one attached hydrogen (secondary N) is 2. The van der Waals surface area contributed by atoms with Gasteiger partial charge in [-0.2, -0.15) is 5.10 Å². The molecule has 1 aromatic heterocycles. The standard InChI is InChI=1S/C12H11ClIN3O/c1-7(8-5-15-16-6-8)17-12(18)10-4-9(13)2-3-11(10)14/h2-7H,1H3,(H,15,16)(H,17,18). The molecule has 94 valence electrons. The minimum Gasteiger partial charge on any atom is -0.345 e. The topological polar surface area (TPSA) is 57.8 Å². The molecular formula is C12H11ClIN3O. The lowest BCUT2D eigenvalue weighted by atomic mass is 10.1. The van der Waals surface area contributed by atoms with Crippen LogP contribution in [0.3, 0.4) is 0 Å². The molecule has 0 aliphatic rings. The first-order chi connectivity index (χ1) is 8.58. The van der Waals surface area contributed by atoms with Gasteiger partial charge in [0.15, 0.2) is 0 Å². The molecule has 6 heteroatoms. The second kappa shape index (κ2) is 5.71. The second-order valence-corrected chi connectivity index (χ2v) is 5.45. The summed E-state index contributed by atoms with van der Waals surface area (Å²) in [4.78, 5) is 12.1. The lowest BCUT2D eigenvalue weighted by Crippen LogP contribution is -2.27. The molecule has 1 heterocycles. The van der Waals surface area contributed by atoms with Crippen molar-refractivity contribution >= 4 is 40.1 Å². The largest absolute Gasteiger partial charge is 0.345 e. The highest BCUT2D eigenvalue weighted by molar-refractivity contribution is 14.1. The van der Waals surface area contributed by atoms with Gasteiger partial charge >= 0.3 is 0 Å². The monoisotopic (exact) mass is 375 g/mol. The van der Waals surface area contributed by atoms with Crippen molar-refractivity contribution in [2.45, 2.75) is 13.0 Å². The minimum absolute atomic E-state index is 0.106. The first-order valence-electron chi connectivity index (χ1n) is 5.32. The van der Waals surface area contributed by atoms with E-state index in [0.717, 1.165) is 9.13 Å². The summed E-state index contributed by atoms with van der Waals surface area (Å²) < 4.78 is 0.869. The Hall–Kier alpha value is -1.08. The molecule has 1 atom stereocenters. The number of aromatic amines is 1. The van der Waals surface area contributed by atoms with E-state index >= 15 is 0 Å². The van der Waals surface area contributed by atoms with Crippen molar-refractivity contribution < 1.29 is 4.79 Å². The van der Waals surface area contributed by atoms with Crippen LogP contribution in [0.2, 0.25) is 5.02 Å². The summed E-state index contributed by atoms with van der Waals surface area (Å²) >= 11 is 8.01. The average molecular weight is 376 g/mol. The number of H-pyrrole nitrogens is 1. The summed E-state index contributed by atoms with van der Waals surface area (Å²) in [6, 6.07) is 5.15. The van der Waals surface area contributed by atoms with Crippen LogP contribution < -0.4 is 5.32 Å². The SMILES string of the molecule is CC(NC(=O)c1cc(Cl)ccc1I)c1cn[nH]c1. The zero-order valence-electron chi connectivity index (χ0n) is 9.58. The fourth-order valence-electron chi connectivity index (χ4n) is 1.53. The van der Waals surface area contributed by atoms with Crippen LogP contribution in [0.5, 0.6) is 0 Å². The third kappa shape index (κ3) is 3.02. The molecule has 0 saturated carbocycles. The molecule has 1 unspecified atom stereocenters. The molecule has 0 spiro atoms. The molecule has 1 aromatic carbocycles. The van der Waals surface area contributed by atoms with Gasteiger partial charge in [-0.15, -0.1) is 0 Å². The summed E-state index contributed by atoms with van der Waals surface area (Å²) in [7, 11) is 0. The number of carbonyl (C=O) groups is 1. The number of benzene rings is 1. The molecule has 0 bridgehead atoms. The Morgan fingerprint density at radius 3 is 3.00 bits per heavy atom. The van der Waals surface area contributed by atoms with Crippen molar-refractivity contribution in [3.8, 4) is 0 Å². The highest BCUT2D eigenvalue weighted by Gasteiger charge is 2.14. The quantitative estimate of drug-likeness (QED) is 0.810. The number of nitrogens with zero attached hydrogens (tertiary/aromatic N) is 1. The fourth-order valence-corrected chi connectivity index (χ4v) is 2.28. The first kappa shape index (κ1) is 13.4. The summed E-state index contributed by atoms with van der Waals surface area (Å²) in [5.41, 5.74) is 1.51. The molecular weight excluding hydrogens is 365 g/mol. The zero-order valence-corrected chi connectivity index (χ0v) is 12.5. The smallest absolute Gasteiger partial charge is 0.252 e. The molecule has 1 amide bonds. The number of amides is 1. The Bertz CT molecular complexity index is 556. The van der Waals surface area contributed by atoms with Crippen molar-refractivity contribution in [2.75, 3.05) is 0 Å². The van der Waals surface area contributed by atoms with Crippen molar-refractivity contribution in [1.82, 2.24) is 15.5 Å². The predicted octanol–water partition coefficient (Wildman–Crippen LogP) is 3.16. The number of halogens is 2. The minimum atomic E-state index is -0.143. The fraction of sp³-hybridized carbons (Fsp3) is 0.167. The normalized spacial score (nSPS) is 12.2. The summed E-state index contributed by atoms with van der Waals surface area (Å²) in [5, 5.41) is 10.0. The van der Waals surface area contributed by atoms with Gasteiger partial charge < -0.3 is 5.32 Å². The van der Waals surface area contributed by atoms with Crippen LogP contribution in [0.25, 0.3) is 0 Å². The van der Waals surface area contributed by atoms with E-state index in [2.05, 4.69) is 38.1 Å². The third-order valence-electron chi connectivity index (χ3n) is 2.54. The molecule has 0 saturated heterocycles. The Morgan fingerprint density at radius 1 is 1.56 bits per heavy atom. The van der Waals surface area contributed by atoms with Crippen LogP contribution in [-0.4, -0.2) is 16.1 Å². The Kier molecular flexibility index (Phi) is 4.23. The van der Waals surface area contributed by atoms with Crippen LogP contribution in [0.4, 0.5) is 0 Å². The van der Waals surface area contributed by atoms with Gasteiger partial charge in [0.25, 0.3) is 5.91 Å². The molecule has 0 fully saturated rings. The van der Waals surface area contributed by atoms with Crippen LogP contribution in [0.15, 0.2) is 30.6 Å². The number of rotatable bonds is 3. The van der Waals surface area contributed by atoms with E-state index < -0.39 is 0 Å². The van der Waals surface area contributed by atoms with E-state index in [0.29, 0.717) is 10.6 Å². The summed E-state index contributed by atoms with van der Waals surface area (Å²) in [6.07, 6.45) is 3.45. The lowest BCUT2D eigenvalue weighted by Gasteiger charge is -2.13. The van der Waals surface area contributed by atoms with Crippen LogP contribution in [-0.2, 0) is 0 Å². The van der Waals surface area contributed by atoms with Crippen molar-refractivity contribution in [2.24, 2.45) is 0 Å². The highest BCUT2D eigenvalue weighted by Crippen LogP contribution is 2.19. The maximum atomic E-state index is 12.1. The van der Waals surface area contributed by atoms with Crippen molar-refractivity contribution in [3.05, 3.63) is 50.3 Å². The number of aromatic nitrogens is 2. The highest BCUT2D eigenvalue weighted by atomic mass is 127. The van der Waals surface area contributed by atoms with Gasteiger partial charge in [0.1, 0.15) is 0 Å². The van der Waals surface area contributed by atoms with Crippen LogP contribution in [0.1, 0.15) is 28.9 Å². The second-order valence-electron chi connectivity index (χ2n) is 3.85. The Labute approximate surface area is 123 Å². The molecule has 2 N–H and O–H groups in total. The number of hydrogen-bond donors (Lipinski definition) is 2. The first-order valence-corrected chi connectivity index (χ1v) is 6.78. The molecule has 18 heavy (non-hydrogen) atoms. The van der Waals surface area contributed by atoms with Gasteiger partial charge in [-0.1, -0.05) is 11.6 Å². The number of hydrogen-bond acceptors (Lipinski definition) is 2. The van der Waals surface area contributed by atoms with Gasteiger partial charge in [0, 0.05) is 20.4 Å².